The Labute approximate surface area is 323 Å². The molecule has 8 heteroatoms. The van der Waals surface area contributed by atoms with E-state index in [0.29, 0.717) is 0 Å². The van der Waals surface area contributed by atoms with E-state index in [4.69, 9.17) is 19.8 Å². The van der Waals surface area contributed by atoms with Crippen molar-refractivity contribution in [2.45, 2.75) is 13.8 Å². The second-order valence-electron chi connectivity index (χ2n) is 13.1. The van der Waals surface area contributed by atoms with Crippen molar-refractivity contribution in [3.8, 4) is 0 Å². The fraction of sp³-hybridized carbons (Fsp3) is 0.174. The molecule has 280 valence electrons. The van der Waals surface area contributed by atoms with Crippen LogP contribution >= 0.6 is 14.5 Å². The number of hydrogen-bond donors (Lipinski definition) is 0. The zero-order valence-corrected chi connectivity index (χ0v) is 33.9. The van der Waals surface area contributed by atoms with Crippen LogP contribution in [0.3, 0.4) is 0 Å². The summed E-state index contributed by atoms with van der Waals surface area (Å²) in [6, 6.07) is 66.0. The third-order valence-electron chi connectivity index (χ3n) is 8.17. The first-order valence-electron chi connectivity index (χ1n) is 17.7. The van der Waals surface area contributed by atoms with Crippen LogP contribution in [0.15, 0.2) is 182 Å². The van der Waals surface area contributed by atoms with Gasteiger partial charge in [-0.15, -0.1) is 0 Å². The first-order valence-corrected chi connectivity index (χ1v) is 21.6. The number of carboxylic acids is 2. The van der Waals surface area contributed by atoms with Gasteiger partial charge in [0.2, 0.25) is 0 Å². The molecule has 0 atom stereocenters. The molecule has 6 aromatic rings. The van der Waals surface area contributed by atoms with Gasteiger partial charge >= 0.3 is 0 Å². The minimum Gasteiger partial charge on any atom is -0.550 e. The van der Waals surface area contributed by atoms with Crippen molar-refractivity contribution < 1.29 is 19.8 Å². The van der Waals surface area contributed by atoms with Crippen molar-refractivity contribution in [1.82, 2.24) is 9.80 Å². The maximum Gasteiger partial charge on any atom is 0.126 e. The molecule has 54 heavy (non-hydrogen) atoms. The molecule has 0 fully saturated rings. The van der Waals surface area contributed by atoms with E-state index in [0.717, 1.165) is 26.4 Å². The molecule has 0 bridgehead atoms. The fourth-order valence-corrected chi connectivity index (χ4v) is 14.9. The molecule has 0 radical (unpaired) electrons. The van der Waals surface area contributed by atoms with Gasteiger partial charge in [-0.2, -0.15) is 0 Å². The molecule has 0 unspecified atom stereocenters. The molecule has 0 aliphatic heterocycles. The fourth-order valence-electron chi connectivity index (χ4n) is 6.33. The van der Waals surface area contributed by atoms with E-state index < -0.39 is 26.5 Å². The zero-order chi connectivity index (χ0) is 39.4. The summed E-state index contributed by atoms with van der Waals surface area (Å²) in [4.78, 5) is 22.4. The van der Waals surface area contributed by atoms with E-state index in [-0.39, 0.29) is 0 Å². The maximum atomic E-state index is 8.89. The summed E-state index contributed by atoms with van der Waals surface area (Å²) in [6.45, 7) is 1.94. The Hall–Kier alpha value is -4.96. The van der Waals surface area contributed by atoms with E-state index in [1.165, 1.54) is 31.8 Å². The van der Waals surface area contributed by atoms with Crippen LogP contribution in [0.1, 0.15) is 13.8 Å². The van der Waals surface area contributed by atoms with Crippen LogP contribution in [0.4, 0.5) is 0 Å². The van der Waals surface area contributed by atoms with E-state index in [9.17, 15) is 0 Å². The summed E-state index contributed by atoms with van der Waals surface area (Å²) in [7, 11) is 5.31. The van der Waals surface area contributed by atoms with Crippen molar-refractivity contribution in [3.63, 3.8) is 0 Å². The Balaban J connectivity index is 0.000000243. The number of aliphatic carboxylic acids is 2. The van der Waals surface area contributed by atoms with Gasteiger partial charge in [0.1, 0.15) is 58.9 Å². The standard InChI is InChI=1S/2C21H23NP.2C2H4O2/c2*1-22(2)18-23(19-12-6-3-7-13-19,20-14-8-4-9-15-20)21-16-10-5-11-17-21;2*1-2(3)4/h2*3-17H,18H2,1-2H3;2*1H3,(H,3,4)/q2*+1;;/p-2. The lowest BCUT2D eigenvalue weighted by molar-refractivity contribution is -0.303. The highest BCUT2D eigenvalue weighted by molar-refractivity contribution is 7.96. The van der Waals surface area contributed by atoms with Gasteiger partial charge in [-0.1, -0.05) is 109 Å². The average molecular weight is 759 g/mol. The van der Waals surface area contributed by atoms with Crippen LogP contribution < -0.4 is 42.0 Å². The minimum absolute atomic E-state index is 0.972. The molecule has 0 spiro atoms. The van der Waals surface area contributed by atoms with Crippen molar-refractivity contribution in [1.29, 1.82) is 0 Å². The van der Waals surface area contributed by atoms with Gasteiger partial charge in [-0.25, -0.2) is 0 Å². The Morgan fingerprint density at radius 3 is 0.611 bits per heavy atom. The lowest BCUT2D eigenvalue weighted by Gasteiger charge is -2.29. The average Bonchev–Trinajstić information content (AvgIpc) is 3.18. The Morgan fingerprint density at radius 1 is 0.370 bits per heavy atom. The van der Waals surface area contributed by atoms with E-state index in [2.05, 4.69) is 220 Å². The van der Waals surface area contributed by atoms with Gasteiger partial charge in [0.05, 0.1) is 0 Å². The molecule has 0 heterocycles. The van der Waals surface area contributed by atoms with Gasteiger partial charge in [-0.05, 0) is 115 Å². The molecule has 0 aliphatic carbocycles. The van der Waals surface area contributed by atoms with Crippen LogP contribution in [0.25, 0.3) is 0 Å². The topological polar surface area (TPSA) is 86.7 Å². The molecule has 0 aromatic heterocycles. The van der Waals surface area contributed by atoms with Gasteiger partial charge in [0, 0.05) is 11.9 Å². The zero-order valence-electron chi connectivity index (χ0n) is 32.2. The molecule has 6 rings (SSSR count). The molecule has 6 nitrogen and oxygen atoms in total. The highest BCUT2D eigenvalue weighted by atomic mass is 31.2. The summed E-state index contributed by atoms with van der Waals surface area (Å²) >= 11 is 0. The van der Waals surface area contributed by atoms with Gasteiger partial charge < -0.3 is 19.8 Å². The summed E-state index contributed by atoms with van der Waals surface area (Å²) < 4.78 is 0. The second kappa shape index (κ2) is 22.3. The highest BCUT2D eigenvalue weighted by Crippen LogP contribution is 2.56. The largest absolute Gasteiger partial charge is 0.550 e. The number of carbonyl (C=O) groups is 2. The predicted octanol–water partition coefficient (Wildman–Crippen LogP) is 4.51. The first kappa shape index (κ1) is 43.4. The molecule has 0 saturated heterocycles. The van der Waals surface area contributed by atoms with Crippen molar-refractivity contribution in [3.05, 3.63) is 182 Å². The molecular weight excluding hydrogens is 706 g/mol. The smallest absolute Gasteiger partial charge is 0.126 e. The SMILES string of the molecule is CC(=O)[O-].CC(=O)[O-].CN(C)C[P+](c1ccccc1)(c1ccccc1)c1ccccc1.CN(C)C[P+](c1ccccc1)(c1ccccc1)c1ccccc1. The number of benzene rings is 6. The van der Waals surface area contributed by atoms with Crippen LogP contribution in [0, 0.1) is 0 Å². The Kier molecular flexibility index (Phi) is 17.9. The number of hydrogen-bond acceptors (Lipinski definition) is 6. The van der Waals surface area contributed by atoms with Crippen LogP contribution in [-0.4, -0.2) is 62.5 Å². The van der Waals surface area contributed by atoms with Crippen LogP contribution in [-0.2, 0) is 9.59 Å². The summed E-state index contributed by atoms with van der Waals surface area (Å²) in [5.41, 5.74) is 0. The molecule has 6 aromatic carbocycles. The van der Waals surface area contributed by atoms with Gasteiger partial charge in [0.25, 0.3) is 0 Å². The third-order valence-corrected chi connectivity index (χ3v) is 17.2. The van der Waals surface area contributed by atoms with E-state index in [1.54, 1.807) is 0 Å². The highest BCUT2D eigenvalue weighted by Gasteiger charge is 2.46. The van der Waals surface area contributed by atoms with Crippen LogP contribution in [0.2, 0.25) is 0 Å². The monoisotopic (exact) mass is 758 g/mol. The normalized spacial score (nSPS) is 10.8. The lowest BCUT2D eigenvalue weighted by Crippen LogP contribution is -2.37. The van der Waals surface area contributed by atoms with E-state index in [1.807, 2.05) is 0 Å². The van der Waals surface area contributed by atoms with Gasteiger partial charge in [-0.3, -0.25) is 9.80 Å². The Morgan fingerprint density at radius 2 is 0.500 bits per heavy atom. The lowest BCUT2D eigenvalue weighted by atomic mass is 10.4. The molecule has 0 aliphatic rings. The number of carbonyl (C=O) groups excluding carboxylic acids is 2. The molecule has 0 N–H and O–H groups in total. The maximum absolute atomic E-state index is 8.89. The van der Waals surface area contributed by atoms with Crippen LogP contribution in [0.5, 0.6) is 0 Å². The van der Waals surface area contributed by atoms with Crippen molar-refractivity contribution in [2.24, 2.45) is 0 Å². The summed E-state index contributed by atoms with van der Waals surface area (Å²) in [6.07, 6.45) is 2.07. The van der Waals surface area contributed by atoms with E-state index >= 15 is 0 Å². The third kappa shape index (κ3) is 12.6. The number of nitrogens with zero attached hydrogens (tertiary/aromatic N) is 2. The minimum atomic E-state index is -1.68. The molecule has 0 saturated carbocycles. The van der Waals surface area contributed by atoms with Gasteiger partial charge in [0.15, 0.2) is 0 Å². The first-order chi connectivity index (χ1) is 25.9. The molecule has 0 amide bonds. The molecular formula is C46H52N2O4P2. The summed E-state index contributed by atoms with van der Waals surface area (Å²) in [5, 5.41) is 26.4. The quantitative estimate of drug-likeness (QED) is 0.191. The van der Waals surface area contributed by atoms with Crippen molar-refractivity contribution >= 4 is 58.3 Å². The second-order valence-corrected chi connectivity index (χ2v) is 20.0. The Bertz CT molecular complexity index is 1580. The predicted molar refractivity (Wildman–Crippen MR) is 229 cm³/mol. The van der Waals surface area contributed by atoms with Crippen molar-refractivity contribution in [2.75, 3.05) is 40.8 Å². The summed E-state index contributed by atoms with van der Waals surface area (Å²) in [5.74, 6) is -2.17. The number of carboxylic acid groups (broad SMARTS) is 2. The number of rotatable bonds is 10.